The molecule has 2 rings (SSSR count). The lowest BCUT2D eigenvalue weighted by Gasteiger charge is -1.85. The van der Waals surface area contributed by atoms with Crippen LogP contribution in [0.1, 0.15) is 0 Å². The number of hydrogen-bond acceptors (Lipinski definition) is 2. The molecular weight excluding hydrogens is 240 g/mol. The summed E-state index contributed by atoms with van der Waals surface area (Å²) in [5.41, 5.74) is 0. The van der Waals surface area contributed by atoms with E-state index in [0.717, 1.165) is 0 Å². The van der Waals surface area contributed by atoms with E-state index in [4.69, 9.17) is 0 Å². The summed E-state index contributed by atoms with van der Waals surface area (Å²) >= 11 is 6.98. The maximum Gasteiger partial charge on any atom is 0.0454 e. The predicted octanol–water partition coefficient (Wildman–Crippen LogP) is 4.24. The standard InChI is InChI=1S/C8H5BrS2/c9-6-4-8(11-5-6)7-2-1-3-10-7/h1-5H. The molecule has 0 radical (unpaired) electrons. The van der Waals surface area contributed by atoms with E-state index in [1.54, 1.807) is 22.7 Å². The van der Waals surface area contributed by atoms with Crippen molar-refractivity contribution in [2.75, 3.05) is 0 Å². The van der Waals surface area contributed by atoms with Gasteiger partial charge in [0.15, 0.2) is 0 Å². The van der Waals surface area contributed by atoms with Crippen LogP contribution in [0.2, 0.25) is 0 Å². The third kappa shape index (κ3) is 1.55. The molecule has 0 aliphatic rings. The van der Waals surface area contributed by atoms with Gasteiger partial charge >= 0.3 is 0 Å². The maximum absolute atomic E-state index is 3.43. The highest BCUT2D eigenvalue weighted by Gasteiger charge is 2.00. The summed E-state index contributed by atoms with van der Waals surface area (Å²) in [7, 11) is 0. The lowest BCUT2D eigenvalue weighted by molar-refractivity contribution is 1.87. The van der Waals surface area contributed by atoms with Gasteiger partial charge in [-0.2, -0.15) is 0 Å². The zero-order valence-corrected chi connectivity index (χ0v) is 8.80. The minimum atomic E-state index is 1.17. The highest BCUT2D eigenvalue weighted by Crippen LogP contribution is 2.32. The average Bonchev–Trinajstić information content (AvgIpc) is 2.55. The smallest absolute Gasteiger partial charge is 0.0454 e. The Morgan fingerprint density at radius 1 is 1.18 bits per heavy atom. The van der Waals surface area contributed by atoms with Gasteiger partial charge in [0.2, 0.25) is 0 Å². The van der Waals surface area contributed by atoms with Gasteiger partial charge in [-0.1, -0.05) is 6.07 Å². The van der Waals surface area contributed by atoms with Gasteiger partial charge in [0.05, 0.1) is 0 Å². The fourth-order valence-corrected chi connectivity index (χ4v) is 3.13. The number of halogens is 1. The predicted molar refractivity (Wildman–Crippen MR) is 55.3 cm³/mol. The van der Waals surface area contributed by atoms with Crippen LogP contribution in [-0.4, -0.2) is 0 Å². The summed E-state index contributed by atoms with van der Waals surface area (Å²) in [6, 6.07) is 6.37. The molecule has 2 aromatic rings. The molecule has 0 spiro atoms. The number of hydrogen-bond donors (Lipinski definition) is 0. The van der Waals surface area contributed by atoms with E-state index in [-0.39, 0.29) is 0 Å². The summed E-state index contributed by atoms with van der Waals surface area (Å²) in [5, 5.41) is 4.21. The van der Waals surface area contributed by atoms with E-state index in [9.17, 15) is 0 Å². The third-order valence-electron chi connectivity index (χ3n) is 1.33. The summed E-state index contributed by atoms with van der Waals surface area (Å²) in [6.45, 7) is 0. The molecule has 0 N–H and O–H groups in total. The normalized spacial score (nSPS) is 10.3. The van der Waals surface area contributed by atoms with Crippen molar-refractivity contribution in [1.29, 1.82) is 0 Å². The fourth-order valence-electron chi connectivity index (χ4n) is 0.861. The topological polar surface area (TPSA) is 0 Å². The highest BCUT2D eigenvalue weighted by atomic mass is 79.9. The molecule has 0 nitrogen and oxygen atoms in total. The Hall–Kier alpha value is -0.120. The Bertz CT molecular complexity index is 335. The van der Waals surface area contributed by atoms with Crippen LogP contribution in [0.4, 0.5) is 0 Å². The van der Waals surface area contributed by atoms with Gasteiger partial charge in [0, 0.05) is 19.6 Å². The fraction of sp³-hybridized carbons (Fsp3) is 0. The summed E-state index contributed by atoms with van der Waals surface area (Å²) < 4.78 is 1.17. The Morgan fingerprint density at radius 2 is 2.09 bits per heavy atom. The Labute approximate surface area is 81.6 Å². The van der Waals surface area contributed by atoms with Crippen LogP contribution >= 0.6 is 38.6 Å². The van der Waals surface area contributed by atoms with E-state index in [2.05, 4.69) is 44.9 Å². The average molecular weight is 245 g/mol. The van der Waals surface area contributed by atoms with Crippen molar-refractivity contribution < 1.29 is 0 Å². The first-order chi connectivity index (χ1) is 5.36. The van der Waals surface area contributed by atoms with Crippen molar-refractivity contribution in [3.05, 3.63) is 33.4 Å². The van der Waals surface area contributed by atoms with E-state index >= 15 is 0 Å². The van der Waals surface area contributed by atoms with Crippen LogP contribution in [0, 0.1) is 0 Å². The molecule has 0 saturated heterocycles. The molecule has 0 aromatic carbocycles. The molecular formula is C8H5BrS2. The number of rotatable bonds is 1. The van der Waals surface area contributed by atoms with Gasteiger partial charge in [-0.05, 0) is 33.4 Å². The first-order valence-electron chi connectivity index (χ1n) is 3.14. The van der Waals surface area contributed by atoms with Gasteiger partial charge < -0.3 is 0 Å². The molecule has 0 atom stereocenters. The molecule has 3 heteroatoms. The van der Waals surface area contributed by atoms with Crippen LogP contribution in [0.15, 0.2) is 33.4 Å². The molecule has 11 heavy (non-hydrogen) atoms. The monoisotopic (exact) mass is 244 g/mol. The third-order valence-corrected chi connectivity index (χ3v) is 4.09. The van der Waals surface area contributed by atoms with Gasteiger partial charge in [-0.25, -0.2) is 0 Å². The Morgan fingerprint density at radius 3 is 2.64 bits per heavy atom. The van der Waals surface area contributed by atoms with E-state index in [1.807, 2.05) is 0 Å². The summed E-state index contributed by atoms with van der Waals surface area (Å²) in [5.74, 6) is 0. The second-order valence-corrected chi connectivity index (χ2v) is 4.88. The second-order valence-electron chi connectivity index (χ2n) is 2.11. The number of thiophene rings is 2. The van der Waals surface area contributed by atoms with Crippen LogP contribution in [-0.2, 0) is 0 Å². The summed E-state index contributed by atoms with van der Waals surface area (Å²) in [4.78, 5) is 2.69. The van der Waals surface area contributed by atoms with E-state index < -0.39 is 0 Å². The lowest BCUT2D eigenvalue weighted by atomic mass is 10.4. The van der Waals surface area contributed by atoms with Crippen molar-refractivity contribution in [1.82, 2.24) is 0 Å². The molecule has 0 aliphatic carbocycles. The largest absolute Gasteiger partial charge is 0.143 e. The molecule has 2 heterocycles. The molecule has 2 aromatic heterocycles. The molecule has 0 bridgehead atoms. The van der Waals surface area contributed by atoms with Crippen LogP contribution in [0.25, 0.3) is 9.75 Å². The zero-order chi connectivity index (χ0) is 7.68. The molecule has 0 aliphatic heterocycles. The van der Waals surface area contributed by atoms with Gasteiger partial charge in [0.1, 0.15) is 0 Å². The molecule has 0 unspecified atom stereocenters. The SMILES string of the molecule is Brc1csc(-c2cccs2)c1. The molecule has 0 saturated carbocycles. The van der Waals surface area contributed by atoms with Crippen molar-refractivity contribution in [2.24, 2.45) is 0 Å². The van der Waals surface area contributed by atoms with Crippen molar-refractivity contribution >= 4 is 38.6 Å². The van der Waals surface area contributed by atoms with Gasteiger partial charge in [0.25, 0.3) is 0 Å². The van der Waals surface area contributed by atoms with E-state index in [0.29, 0.717) is 0 Å². The quantitative estimate of drug-likeness (QED) is 0.704. The maximum atomic E-state index is 3.43. The first kappa shape index (κ1) is 7.53. The second kappa shape index (κ2) is 3.09. The van der Waals surface area contributed by atoms with Crippen LogP contribution in [0.3, 0.4) is 0 Å². The Kier molecular flexibility index (Phi) is 2.11. The van der Waals surface area contributed by atoms with Gasteiger partial charge in [-0.15, -0.1) is 22.7 Å². The summed E-state index contributed by atoms with van der Waals surface area (Å²) in [6.07, 6.45) is 0. The molecule has 56 valence electrons. The minimum Gasteiger partial charge on any atom is -0.143 e. The first-order valence-corrected chi connectivity index (χ1v) is 5.69. The van der Waals surface area contributed by atoms with Crippen LogP contribution in [0.5, 0.6) is 0 Å². The van der Waals surface area contributed by atoms with Gasteiger partial charge in [-0.3, -0.25) is 0 Å². The van der Waals surface area contributed by atoms with Crippen LogP contribution < -0.4 is 0 Å². The molecule has 0 fully saturated rings. The zero-order valence-electron chi connectivity index (χ0n) is 5.58. The van der Waals surface area contributed by atoms with E-state index in [1.165, 1.54) is 14.2 Å². The highest BCUT2D eigenvalue weighted by molar-refractivity contribution is 9.10. The minimum absolute atomic E-state index is 1.17. The lowest BCUT2D eigenvalue weighted by Crippen LogP contribution is -1.56. The molecule has 0 amide bonds. The van der Waals surface area contributed by atoms with Crippen molar-refractivity contribution in [2.45, 2.75) is 0 Å². The van der Waals surface area contributed by atoms with Crippen molar-refractivity contribution in [3.63, 3.8) is 0 Å². The Balaban J connectivity index is 2.45. The van der Waals surface area contributed by atoms with Crippen molar-refractivity contribution in [3.8, 4) is 9.75 Å².